The molecule has 0 bridgehead atoms. The highest BCUT2D eigenvalue weighted by atomic mass is 16.4. The number of carbonyl (C=O) groups is 1. The van der Waals surface area contributed by atoms with Crippen LogP contribution in [0.25, 0.3) is 0 Å². The molecule has 0 aromatic carbocycles. The fourth-order valence-corrected chi connectivity index (χ4v) is 2.74. The highest BCUT2D eigenvalue weighted by Crippen LogP contribution is 2.32. The number of piperidine rings is 1. The number of aromatic nitrogens is 2. The van der Waals surface area contributed by atoms with Crippen molar-refractivity contribution in [2.24, 2.45) is 5.92 Å². The van der Waals surface area contributed by atoms with Crippen LogP contribution in [0.4, 0.5) is 0 Å². The normalized spacial score (nSPS) is 21.9. The molecule has 5 nitrogen and oxygen atoms in total. The number of nitrogens with zero attached hydrogens (tertiary/aromatic N) is 3. The van der Waals surface area contributed by atoms with Gasteiger partial charge in [-0.05, 0) is 25.7 Å². The lowest BCUT2D eigenvalue weighted by Gasteiger charge is -2.35. The molecule has 0 unspecified atom stereocenters. The Bertz CT molecular complexity index is 431. The molecule has 3 rings (SSSR count). The van der Waals surface area contributed by atoms with Gasteiger partial charge in [-0.3, -0.25) is 4.79 Å². The first kappa shape index (κ1) is 11.7. The SMILES string of the molecule is Cc1nnc(C2CCN(C(=O)C3CCC3)CC2)o1. The number of likely N-dealkylation sites (tertiary alicyclic amines) is 1. The molecule has 0 N–H and O–H groups in total. The number of amides is 1. The summed E-state index contributed by atoms with van der Waals surface area (Å²) >= 11 is 0. The van der Waals surface area contributed by atoms with Gasteiger partial charge in [0.25, 0.3) is 0 Å². The Morgan fingerprint density at radius 3 is 2.44 bits per heavy atom. The summed E-state index contributed by atoms with van der Waals surface area (Å²) in [5.41, 5.74) is 0. The van der Waals surface area contributed by atoms with Crippen LogP contribution in [0.15, 0.2) is 4.42 Å². The molecule has 1 aromatic heterocycles. The maximum Gasteiger partial charge on any atom is 0.225 e. The van der Waals surface area contributed by atoms with E-state index in [2.05, 4.69) is 10.2 Å². The van der Waals surface area contributed by atoms with E-state index < -0.39 is 0 Å². The van der Waals surface area contributed by atoms with E-state index in [4.69, 9.17) is 4.42 Å². The molecule has 1 aromatic rings. The van der Waals surface area contributed by atoms with Crippen molar-refractivity contribution in [3.8, 4) is 0 Å². The van der Waals surface area contributed by atoms with E-state index in [1.165, 1.54) is 6.42 Å². The standard InChI is InChI=1S/C13H19N3O2/c1-9-14-15-12(18-9)10-5-7-16(8-6-10)13(17)11-3-2-4-11/h10-11H,2-8H2,1H3. The number of aryl methyl sites for hydroxylation is 1. The predicted molar refractivity (Wildman–Crippen MR) is 64.9 cm³/mol. The van der Waals surface area contributed by atoms with Crippen LogP contribution in [0.2, 0.25) is 0 Å². The first-order valence-electron chi connectivity index (χ1n) is 6.83. The number of rotatable bonds is 2. The highest BCUT2D eigenvalue weighted by Gasteiger charge is 2.32. The molecule has 1 saturated carbocycles. The zero-order valence-electron chi connectivity index (χ0n) is 10.8. The van der Waals surface area contributed by atoms with Crippen LogP contribution in [0.5, 0.6) is 0 Å². The summed E-state index contributed by atoms with van der Waals surface area (Å²) in [5, 5.41) is 7.95. The molecule has 1 aliphatic carbocycles. The minimum Gasteiger partial charge on any atom is -0.425 e. The molecular weight excluding hydrogens is 230 g/mol. The first-order chi connectivity index (χ1) is 8.74. The van der Waals surface area contributed by atoms with Crippen LogP contribution < -0.4 is 0 Å². The second-order valence-electron chi connectivity index (χ2n) is 5.39. The van der Waals surface area contributed by atoms with E-state index in [1.54, 1.807) is 0 Å². The minimum atomic E-state index is 0.312. The third-order valence-electron chi connectivity index (χ3n) is 4.15. The van der Waals surface area contributed by atoms with Crippen LogP contribution in [0.3, 0.4) is 0 Å². The molecule has 5 heteroatoms. The van der Waals surface area contributed by atoms with E-state index in [1.807, 2.05) is 11.8 Å². The molecule has 18 heavy (non-hydrogen) atoms. The van der Waals surface area contributed by atoms with Crippen molar-refractivity contribution in [2.45, 2.75) is 44.9 Å². The van der Waals surface area contributed by atoms with Crippen molar-refractivity contribution in [1.29, 1.82) is 0 Å². The highest BCUT2D eigenvalue weighted by molar-refractivity contribution is 5.79. The molecule has 1 amide bonds. The molecule has 1 saturated heterocycles. The van der Waals surface area contributed by atoms with Gasteiger partial charge in [0, 0.05) is 31.8 Å². The Labute approximate surface area is 107 Å². The summed E-state index contributed by atoms with van der Waals surface area (Å²) in [6.45, 7) is 3.48. The smallest absolute Gasteiger partial charge is 0.225 e. The van der Waals surface area contributed by atoms with E-state index in [9.17, 15) is 4.79 Å². The van der Waals surface area contributed by atoms with Crippen LogP contribution >= 0.6 is 0 Å². The van der Waals surface area contributed by atoms with Gasteiger partial charge in [0.15, 0.2) is 0 Å². The van der Waals surface area contributed by atoms with Crippen LogP contribution in [-0.2, 0) is 4.79 Å². The van der Waals surface area contributed by atoms with Gasteiger partial charge >= 0.3 is 0 Å². The molecule has 98 valence electrons. The molecule has 2 aliphatic rings. The van der Waals surface area contributed by atoms with E-state index in [0.29, 0.717) is 23.6 Å². The van der Waals surface area contributed by atoms with Gasteiger partial charge in [-0.2, -0.15) is 0 Å². The van der Waals surface area contributed by atoms with E-state index >= 15 is 0 Å². The Morgan fingerprint density at radius 2 is 1.94 bits per heavy atom. The predicted octanol–water partition coefficient (Wildman–Crippen LogP) is 1.88. The molecule has 0 atom stereocenters. The number of hydrogen-bond acceptors (Lipinski definition) is 4. The van der Waals surface area contributed by atoms with E-state index in [-0.39, 0.29) is 0 Å². The van der Waals surface area contributed by atoms with E-state index in [0.717, 1.165) is 44.7 Å². The van der Waals surface area contributed by atoms with Crippen molar-refractivity contribution in [2.75, 3.05) is 13.1 Å². The fourth-order valence-electron chi connectivity index (χ4n) is 2.74. The monoisotopic (exact) mass is 249 g/mol. The van der Waals surface area contributed by atoms with Crippen LogP contribution in [0, 0.1) is 12.8 Å². The molecule has 0 radical (unpaired) electrons. The van der Waals surface area contributed by atoms with Gasteiger partial charge in [-0.25, -0.2) is 0 Å². The van der Waals surface area contributed by atoms with Gasteiger partial charge in [0.2, 0.25) is 17.7 Å². The second-order valence-corrected chi connectivity index (χ2v) is 5.39. The van der Waals surface area contributed by atoms with Crippen LogP contribution in [-0.4, -0.2) is 34.1 Å². The Hall–Kier alpha value is -1.39. The van der Waals surface area contributed by atoms with Gasteiger partial charge in [0.1, 0.15) is 0 Å². The van der Waals surface area contributed by atoms with Gasteiger partial charge < -0.3 is 9.32 Å². The average Bonchev–Trinajstić information content (AvgIpc) is 2.74. The van der Waals surface area contributed by atoms with Crippen molar-refractivity contribution in [1.82, 2.24) is 15.1 Å². The maximum absolute atomic E-state index is 12.1. The Kier molecular flexibility index (Phi) is 3.06. The summed E-state index contributed by atoms with van der Waals surface area (Å²) < 4.78 is 5.47. The first-order valence-corrected chi connectivity index (χ1v) is 6.83. The quantitative estimate of drug-likeness (QED) is 0.803. The van der Waals surface area contributed by atoms with Crippen molar-refractivity contribution in [3.05, 3.63) is 11.8 Å². The third-order valence-corrected chi connectivity index (χ3v) is 4.15. The molecule has 1 aliphatic heterocycles. The second kappa shape index (κ2) is 4.71. The average molecular weight is 249 g/mol. The zero-order valence-corrected chi connectivity index (χ0v) is 10.8. The summed E-state index contributed by atoms with van der Waals surface area (Å²) in [7, 11) is 0. The summed E-state index contributed by atoms with van der Waals surface area (Å²) in [6, 6.07) is 0. The lowest BCUT2D eigenvalue weighted by molar-refractivity contribution is -0.139. The van der Waals surface area contributed by atoms with Gasteiger partial charge in [-0.1, -0.05) is 6.42 Å². The third kappa shape index (κ3) is 2.13. The topological polar surface area (TPSA) is 59.2 Å². The molecule has 2 fully saturated rings. The lowest BCUT2D eigenvalue weighted by atomic mass is 9.83. The molecule has 2 heterocycles. The molecular formula is C13H19N3O2. The Balaban J connectivity index is 1.56. The summed E-state index contributed by atoms with van der Waals surface area (Å²) in [5.74, 6) is 2.37. The van der Waals surface area contributed by atoms with Gasteiger partial charge in [0.05, 0.1) is 0 Å². The lowest BCUT2D eigenvalue weighted by Crippen LogP contribution is -2.43. The minimum absolute atomic E-state index is 0.312. The summed E-state index contributed by atoms with van der Waals surface area (Å²) in [6.07, 6.45) is 5.28. The fraction of sp³-hybridized carbons (Fsp3) is 0.769. The number of hydrogen-bond donors (Lipinski definition) is 0. The largest absolute Gasteiger partial charge is 0.425 e. The molecule has 0 spiro atoms. The zero-order chi connectivity index (χ0) is 12.5. The Morgan fingerprint density at radius 1 is 1.22 bits per heavy atom. The van der Waals surface area contributed by atoms with Crippen molar-refractivity contribution >= 4 is 5.91 Å². The van der Waals surface area contributed by atoms with Gasteiger partial charge in [-0.15, -0.1) is 10.2 Å². The summed E-state index contributed by atoms with van der Waals surface area (Å²) in [4.78, 5) is 14.1. The van der Waals surface area contributed by atoms with Crippen LogP contribution in [0.1, 0.15) is 49.8 Å². The van der Waals surface area contributed by atoms with Crippen molar-refractivity contribution in [3.63, 3.8) is 0 Å². The number of carbonyl (C=O) groups excluding carboxylic acids is 1. The van der Waals surface area contributed by atoms with Crippen molar-refractivity contribution < 1.29 is 9.21 Å². The maximum atomic E-state index is 12.1.